The van der Waals surface area contributed by atoms with Gasteiger partial charge in [-0.25, -0.2) is 0 Å². The molecule has 0 aromatic rings. The molecule has 0 bridgehead atoms. The second-order valence-corrected chi connectivity index (χ2v) is 4.89. The van der Waals surface area contributed by atoms with Gasteiger partial charge in [-0.3, -0.25) is 9.80 Å². The van der Waals surface area contributed by atoms with Crippen LogP contribution < -0.4 is 0 Å². The summed E-state index contributed by atoms with van der Waals surface area (Å²) in [5.41, 5.74) is 1.23. The van der Waals surface area contributed by atoms with Crippen LogP contribution in [-0.4, -0.2) is 59.8 Å². The van der Waals surface area contributed by atoms with Gasteiger partial charge in [-0.2, -0.15) is 0 Å². The second kappa shape index (κ2) is 5.64. The number of nitrogens with zero attached hydrogens (tertiary/aromatic N) is 2. The van der Waals surface area contributed by atoms with Crippen molar-refractivity contribution in [1.29, 1.82) is 0 Å². The Morgan fingerprint density at radius 2 is 2.20 bits per heavy atom. The third kappa shape index (κ3) is 4.33. The summed E-state index contributed by atoms with van der Waals surface area (Å²) in [4.78, 5) is 4.80. The van der Waals surface area contributed by atoms with Crippen molar-refractivity contribution in [2.24, 2.45) is 0 Å². The smallest absolute Gasteiger partial charge is 0.0639 e. The predicted molar refractivity (Wildman–Crippen MR) is 64.0 cm³/mol. The van der Waals surface area contributed by atoms with E-state index in [1.54, 1.807) is 0 Å². The first-order chi connectivity index (χ1) is 6.99. The highest BCUT2D eigenvalue weighted by atomic mass is 16.3. The second-order valence-electron chi connectivity index (χ2n) is 4.89. The number of aliphatic hydroxyl groups excluding tert-OH is 1. The molecule has 3 heteroatoms. The van der Waals surface area contributed by atoms with Crippen LogP contribution in [0.2, 0.25) is 0 Å². The first-order valence-corrected chi connectivity index (χ1v) is 5.78. The first-order valence-electron chi connectivity index (χ1n) is 5.78. The van der Waals surface area contributed by atoms with Crippen LogP contribution in [0.25, 0.3) is 0 Å². The lowest BCUT2D eigenvalue weighted by Crippen LogP contribution is -2.53. The van der Waals surface area contributed by atoms with Crippen LogP contribution >= 0.6 is 0 Å². The summed E-state index contributed by atoms with van der Waals surface area (Å²) in [6, 6.07) is 0.535. The highest BCUT2D eigenvalue weighted by molar-refractivity contribution is 4.94. The summed E-state index contributed by atoms with van der Waals surface area (Å²) < 4.78 is 0. The molecule has 1 aliphatic rings. The van der Waals surface area contributed by atoms with Crippen LogP contribution in [0, 0.1) is 0 Å². The molecule has 1 rings (SSSR count). The molecule has 1 saturated heterocycles. The average molecular weight is 212 g/mol. The molecule has 0 aliphatic carbocycles. The van der Waals surface area contributed by atoms with Crippen LogP contribution in [-0.2, 0) is 0 Å². The van der Waals surface area contributed by atoms with Crippen LogP contribution in [0.4, 0.5) is 0 Å². The number of piperazine rings is 1. The summed E-state index contributed by atoms with van der Waals surface area (Å²) in [6.07, 6.45) is -0.222. The minimum atomic E-state index is -0.222. The SMILES string of the molecule is C=C(C)CN1CCN(C[C@@H](C)O)[C@H](C)C1. The van der Waals surface area contributed by atoms with Gasteiger partial charge in [-0.1, -0.05) is 12.2 Å². The van der Waals surface area contributed by atoms with Crippen molar-refractivity contribution < 1.29 is 5.11 Å². The topological polar surface area (TPSA) is 26.7 Å². The van der Waals surface area contributed by atoms with Gasteiger partial charge in [0.05, 0.1) is 6.10 Å². The maximum Gasteiger partial charge on any atom is 0.0639 e. The Morgan fingerprint density at radius 3 is 2.67 bits per heavy atom. The zero-order valence-electron chi connectivity index (χ0n) is 10.2. The highest BCUT2D eigenvalue weighted by Gasteiger charge is 2.23. The monoisotopic (exact) mass is 212 g/mol. The quantitative estimate of drug-likeness (QED) is 0.703. The van der Waals surface area contributed by atoms with Crippen LogP contribution in [0.15, 0.2) is 12.2 Å². The maximum absolute atomic E-state index is 9.36. The van der Waals surface area contributed by atoms with Crippen molar-refractivity contribution in [3.05, 3.63) is 12.2 Å². The molecule has 88 valence electrons. The molecule has 15 heavy (non-hydrogen) atoms. The van der Waals surface area contributed by atoms with E-state index in [0.717, 1.165) is 32.7 Å². The van der Waals surface area contributed by atoms with E-state index in [0.29, 0.717) is 6.04 Å². The predicted octanol–water partition coefficient (Wildman–Crippen LogP) is 0.949. The largest absolute Gasteiger partial charge is 0.392 e. The maximum atomic E-state index is 9.36. The van der Waals surface area contributed by atoms with Gasteiger partial charge in [0.2, 0.25) is 0 Å². The normalized spacial score (nSPS) is 26.5. The Labute approximate surface area is 93.4 Å². The lowest BCUT2D eigenvalue weighted by atomic mass is 10.1. The van der Waals surface area contributed by atoms with Gasteiger partial charge in [0, 0.05) is 38.8 Å². The molecule has 1 N–H and O–H groups in total. The fourth-order valence-corrected chi connectivity index (χ4v) is 2.21. The summed E-state index contributed by atoms with van der Waals surface area (Å²) in [6.45, 7) is 15.1. The van der Waals surface area contributed by atoms with Crippen LogP contribution in [0.5, 0.6) is 0 Å². The van der Waals surface area contributed by atoms with Crippen molar-refractivity contribution in [2.45, 2.75) is 32.9 Å². The summed E-state index contributed by atoms with van der Waals surface area (Å²) >= 11 is 0. The molecule has 2 atom stereocenters. The molecule has 1 heterocycles. The standard InChI is InChI=1S/C12H24N2O/c1-10(2)7-13-5-6-14(9-12(4)15)11(3)8-13/h11-12,15H,1,5-9H2,2-4H3/t11-,12-/m1/s1. The number of hydrogen-bond acceptors (Lipinski definition) is 3. The van der Waals surface area contributed by atoms with E-state index in [1.165, 1.54) is 5.57 Å². The number of β-amino-alcohol motifs (C(OH)–C–C–N with tert-alkyl or cyclic N) is 1. The van der Waals surface area contributed by atoms with Gasteiger partial charge < -0.3 is 5.11 Å². The van der Waals surface area contributed by atoms with Gasteiger partial charge in [-0.15, -0.1) is 0 Å². The molecule has 0 aromatic carbocycles. The Morgan fingerprint density at radius 1 is 1.53 bits per heavy atom. The fourth-order valence-electron chi connectivity index (χ4n) is 2.21. The van der Waals surface area contributed by atoms with E-state index in [-0.39, 0.29) is 6.10 Å². The van der Waals surface area contributed by atoms with Crippen molar-refractivity contribution >= 4 is 0 Å². The minimum absolute atomic E-state index is 0.222. The van der Waals surface area contributed by atoms with Gasteiger partial charge in [0.1, 0.15) is 0 Å². The third-order valence-electron chi connectivity index (χ3n) is 2.84. The van der Waals surface area contributed by atoms with Gasteiger partial charge >= 0.3 is 0 Å². The third-order valence-corrected chi connectivity index (χ3v) is 2.84. The van der Waals surface area contributed by atoms with Crippen LogP contribution in [0.1, 0.15) is 20.8 Å². The van der Waals surface area contributed by atoms with E-state index < -0.39 is 0 Å². The van der Waals surface area contributed by atoms with Crippen LogP contribution in [0.3, 0.4) is 0 Å². The Balaban J connectivity index is 2.37. The molecule has 0 unspecified atom stereocenters. The Hall–Kier alpha value is -0.380. The Kier molecular flexibility index (Phi) is 4.77. The molecule has 1 fully saturated rings. The molecule has 0 aromatic heterocycles. The molecule has 1 aliphatic heterocycles. The van der Waals surface area contributed by atoms with Crippen molar-refractivity contribution in [2.75, 3.05) is 32.7 Å². The van der Waals surface area contributed by atoms with E-state index in [1.807, 2.05) is 6.92 Å². The van der Waals surface area contributed by atoms with Crippen molar-refractivity contribution in [3.8, 4) is 0 Å². The molecule has 0 spiro atoms. The van der Waals surface area contributed by atoms with E-state index in [9.17, 15) is 5.11 Å². The van der Waals surface area contributed by atoms with Crippen molar-refractivity contribution in [1.82, 2.24) is 9.80 Å². The summed E-state index contributed by atoms with van der Waals surface area (Å²) in [5.74, 6) is 0. The van der Waals surface area contributed by atoms with Gasteiger partial charge in [-0.05, 0) is 20.8 Å². The fraction of sp³-hybridized carbons (Fsp3) is 0.833. The molecular weight excluding hydrogens is 188 g/mol. The average Bonchev–Trinajstić information content (AvgIpc) is 2.08. The first kappa shape index (κ1) is 12.7. The zero-order valence-corrected chi connectivity index (χ0v) is 10.2. The van der Waals surface area contributed by atoms with E-state index in [2.05, 4.69) is 30.2 Å². The van der Waals surface area contributed by atoms with Crippen molar-refractivity contribution in [3.63, 3.8) is 0 Å². The zero-order chi connectivity index (χ0) is 11.4. The van der Waals surface area contributed by atoms with E-state index >= 15 is 0 Å². The molecule has 3 nitrogen and oxygen atoms in total. The molecule has 0 amide bonds. The van der Waals surface area contributed by atoms with Gasteiger partial charge in [0.25, 0.3) is 0 Å². The number of aliphatic hydroxyl groups is 1. The minimum Gasteiger partial charge on any atom is -0.392 e. The van der Waals surface area contributed by atoms with Gasteiger partial charge in [0.15, 0.2) is 0 Å². The summed E-state index contributed by atoms with van der Waals surface area (Å²) in [5, 5.41) is 9.36. The summed E-state index contributed by atoms with van der Waals surface area (Å²) in [7, 11) is 0. The lowest BCUT2D eigenvalue weighted by molar-refractivity contribution is 0.0486. The van der Waals surface area contributed by atoms with E-state index in [4.69, 9.17) is 0 Å². The molecule has 0 radical (unpaired) electrons. The Bertz CT molecular complexity index is 216. The lowest BCUT2D eigenvalue weighted by Gasteiger charge is -2.40. The molecular formula is C12H24N2O. The number of hydrogen-bond donors (Lipinski definition) is 1. The molecule has 0 saturated carbocycles. The highest BCUT2D eigenvalue weighted by Crippen LogP contribution is 2.11. The number of rotatable bonds is 4.